The van der Waals surface area contributed by atoms with Gasteiger partial charge in [0.15, 0.2) is 0 Å². The summed E-state index contributed by atoms with van der Waals surface area (Å²) in [5.41, 5.74) is 0.230. The van der Waals surface area contributed by atoms with Crippen LogP contribution in [0.3, 0.4) is 0 Å². The van der Waals surface area contributed by atoms with Crippen molar-refractivity contribution < 1.29 is 18.9 Å². The Labute approximate surface area is 231 Å². The van der Waals surface area contributed by atoms with Gasteiger partial charge in [-0.2, -0.15) is 0 Å². The van der Waals surface area contributed by atoms with Crippen LogP contribution in [0.5, 0.6) is 0 Å². The van der Waals surface area contributed by atoms with Gasteiger partial charge in [-0.25, -0.2) is 9.59 Å². The molecule has 0 fully saturated rings. The van der Waals surface area contributed by atoms with Gasteiger partial charge in [0.2, 0.25) is 0 Å². The maximum absolute atomic E-state index is 13.4. The van der Waals surface area contributed by atoms with Crippen molar-refractivity contribution in [1.82, 2.24) is 0 Å². The molecular formula is C26H21KO4S. The van der Waals surface area contributed by atoms with Crippen LogP contribution < -0.4 is 0 Å². The molecule has 0 unspecified atom stereocenters. The second-order valence-corrected chi connectivity index (χ2v) is 9.45. The number of hydrogen-bond acceptors (Lipinski definition) is 3. The van der Waals surface area contributed by atoms with E-state index < -0.39 is 22.2 Å². The fourth-order valence-corrected chi connectivity index (χ4v) is 6.38. The standard InChI is InChI=1S/C26H20O4S.K.H/c27-25(28)20-11-10-12-21(19-20)26(29)30-31(22-13-4-1-5-14-22,23-15-6-2-7-16-23)24-17-8-3-9-18-24;;/h1-19H,(H,27,28);;. The Bertz CT molecular complexity index is 1100. The zero-order valence-corrected chi connectivity index (χ0v) is 17.4. The van der Waals surface area contributed by atoms with Crippen LogP contribution in [-0.4, -0.2) is 68.4 Å². The molecule has 0 amide bonds. The Hall–Kier alpha value is -2.19. The third kappa shape index (κ3) is 5.07. The Morgan fingerprint density at radius 1 is 0.594 bits per heavy atom. The van der Waals surface area contributed by atoms with Crippen LogP contribution in [0.25, 0.3) is 0 Å². The summed E-state index contributed by atoms with van der Waals surface area (Å²) in [6, 6.07) is 34.9. The molecular weight excluding hydrogens is 447 g/mol. The monoisotopic (exact) mass is 468 g/mol. The molecule has 0 aliphatic heterocycles. The van der Waals surface area contributed by atoms with E-state index in [1.807, 2.05) is 91.0 Å². The van der Waals surface area contributed by atoms with Gasteiger partial charge in [0, 0.05) is 14.7 Å². The summed E-state index contributed by atoms with van der Waals surface area (Å²) in [5, 5.41) is 9.31. The number of carbonyl (C=O) groups is 2. The van der Waals surface area contributed by atoms with Gasteiger partial charge in [-0.05, 0) is 64.9 Å². The molecule has 0 saturated heterocycles. The van der Waals surface area contributed by atoms with Crippen LogP contribution in [0.2, 0.25) is 0 Å². The first kappa shape index (κ1) is 24.4. The number of rotatable bonds is 6. The van der Waals surface area contributed by atoms with Crippen LogP contribution >= 0.6 is 10.3 Å². The first-order valence-corrected chi connectivity index (χ1v) is 11.2. The second-order valence-electron chi connectivity index (χ2n) is 6.75. The number of carbonyl (C=O) groups excluding carboxylic acids is 1. The van der Waals surface area contributed by atoms with Crippen molar-refractivity contribution in [2.24, 2.45) is 0 Å². The minimum absolute atomic E-state index is 0. The predicted molar refractivity (Wildman–Crippen MR) is 128 cm³/mol. The van der Waals surface area contributed by atoms with Gasteiger partial charge in [-0.3, -0.25) is 0 Å². The van der Waals surface area contributed by atoms with Crippen molar-refractivity contribution in [2.75, 3.05) is 0 Å². The third-order valence-electron chi connectivity index (χ3n) is 4.77. The molecule has 1 N–H and O–H groups in total. The van der Waals surface area contributed by atoms with Gasteiger partial charge < -0.3 is 9.29 Å². The van der Waals surface area contributed by atoms with E-state index in [1.165, 1.54) is 12.1 Å². The molecule has 32 heavy (non-hydrogen) atoms. The van der Waals surface area contributed by atoms with E-state index in [0.717, 1.165) is 14.7 Å². The molecule has 0 saturated carbocycles. The molecule has 0 aliphatic rings. The summed E-state index contributed by atoms with van der Waals surface area (Å²) in [4.78, 5) is 27.4. The molecule has 4 rings (SSSR count). The quantitative estimate of drug-likeness (QED) is 0.364. The van der Waals surface area contributed by atoms with Crippen molar-refractivity contribution in [3.8, 4) is 0 Å². The molecule has 0 bridgehead atoms. The van der Waals surface area contributed by atoms with Gasteiger partial charge in [-0.1, -0.05) is 60.7 Å². The Balaban J connectivity index is 0.00000289. The second kappa shape index (κ2) is 11.1. The van der Waals surface area contributed by atoms with E-state index in [4.69, 9.17) is 4.18 Å². The maximum atomic E-state index is 13.4. The first-order valence-electron chi connectivity index (χ1n) is 9.67. The van der Waals surface area contributed by atoms with Crippen LogP contribution in [0.4, 0.5) is 0 Å². The van der Waals surface area contributed by atoms with E-state index in [2.05, 4.69) is 0 Å². The van der Waals surface area contributed by atoms with Crippen LogP contribution in [0.1, 0.15) is 20.7 Å². The van der Waals surface area contributed by atoms with E-state index in [9.17, 15) is 14.7 Å². The van der Waals surface area contributed by atoms with E-state index in [1.54, 1.807) is 12.1 Å². The van der Waals surface area contributed by atoms with Crippen LogP contribution in [-0.2, 0) is 4.18 Å². The molecule has 4 aromatic carbocycles. The normalized spacial score (nSPS) is 11.1. The van der Waals surface area contributed by atoms with Crippen molar-refractivity contribution in [2.45, 2.75) is 14.7 Å². The van der Waals surface area contributed by atoms with Gasteiger partial charge in [0.25, 0.3) is 0 Å². The summed E-state index contributed by atoms with van der Waals surface area (Å²) in [5.74, 6) is -1.67. The summed E-state index contributed by atoms with van der Waals surface area (Å²) >= 11 is 0. The molecule has 0 radical (unpaired) electrons. The van der Waals surface area contributed by atoms with Crippen LogP contribution in [0.15, 0.2) is 130 Å². The van der Waals surface area contributed by atoms with E-state index in [0.29, 0.717) is 0 Å². The fraction of sp³-hybridized carbons (Fsp3) is 0. The molecule has 4 nitrogen and oxygen atoms in total. The molecule has 6 heteroatoms. The Kier molecular flexibility index (Phi) is 8.48. The zero-order chi connectivity index (χ0) is 21.7. The summed E-state index contributed by atoms with van der Waals surface area (Å²) in [6.45, 7) is 0. The number of carboxylic acids is 1. The van der Waals surface area contributed by atoms with Crippen molar-refractivity contribution in [3.05, 3.63) is 126 Å². The topological polar surface area (TPSA) is 63.6 Å². The van der Waals surface area contributed by atoms with Crippen molar-refractivity contribution in [3.63, 3.8) is 0 Å². The van der Waals surface area contributed by atoms with Gasteiger partial charge in [-0.15, -0.1) is 0 Å². The first-order chi connectivity index (χ1) is 15.1. The minimum atomic E-state index is -2.41. The Morgan fingerprint density at radius 2 is 1.00 bits per heavy atom. The van der Waals surface area contributed by atoms with Crippen molar-refractivity contribution >= 4 is 73.6 Å². The number of benzene rings is 4. The predicted octanol–water partition coefficient (Wildman–Crippen LogP) is 5.79. The molecule has 0 heterocycles. The molecule has 0 aliphatic carbocycles. The van der Waals surface area contributed by atoms with E-state index >= 15 is 0 Å². The molecule has 0 aromatic heterocycles. The van der Waals surface area contributed by atoms with Gasteiger partial charge in [0.05, 0.1) is 11.1 Å². The van der Waals surface area contributed by atoms with Gasteiger partial charge in [0.1, 0.15) is 0 Å². The molecule has 0 atom stereocenters. The Morgan fingerprint density at radius 3 is 1.41 bits per heavy atom. The van der Waals surface area contributed by atoms with Crippen LogP contribution in [0, 0.1) is 0 Å². The van der Waals surface area contributed by atoms with Gasteiger partial charge >= 0.3 is 63.3 Å². The average Bonchev–Trinajstić information content (AvgIpc) is 2.84. The average molecular weight is 469 g/mol. The zero-order valence-electron chi connectivity index (χ0n) is 16.5. The fourth-order valence-electron chi connectivity index (χ4n) is 3.33. The number of aromatic carboxylic acids is 1. The summed E-state index contributed by atoms with van der Waals surface area (Å²) < 4.78 is 6.37. The number of carboxylic acid groups (broad SMARTS) is 1. The summed E-state index contributed by atoms with van der Waals surface area (Å²) in [7, 11) is -2.41. The SMILES string of the molecule is O=C(O)c1cccc(C(=O)OS(c2ccccc2)(c2ccccc2)c2ccccc2)c1.[KH]. The molecule has 4 aromatic rings. The summed E-state index contributed by atoms with van der Waals surface area (Å²) in [6.07, 6.45) is 0. The molecule has 0 spiro atoms. The van der Waals surface area contributed by atoms with Crippen molar-refractivity contribution in [1.29, 1.82) is 0 Å². The van der Waals surface area contributed by atoms with E-state index in [-0.39, 0.29) is 62.5 Å². The third-order valence-corrected chi connectivity index (χ3v) is 7.98. The molecule has 156 valence electrons. The number of hydrogen-bond donors (Lipinski definition) is 1.